The molecule has 0 fully saturated rings. The van der Waals surface area contributed by atoms with Gasteiger partial charge < -0.3 is 0 Å². The van der Waals surface area contributed by atoms with Crippen LogP contribution in [0.4, 0.5) is 0 Å². The number of hydrogen-bond acceptors (Lipinski definition) is 2. The number of amides is 2. The van der Waals surface area contributed by atoms with E-state index in [2.05, 4.69) is 42.7 Å². The lowest BCUT2D eigenvalue weighted by Crippen LogP contribution is -2.40. The molecule has 0 radical (unpaired) electrons. The van der Waals surface area contributed by atoms with Crippen molar-refractivity contribution >= 4 is 49.8 Å². The van der Waals surface area contributed by atoms with E-state index in [0.29, 0.717) is 10.0 Å². The highest BCUT2D eigenvalue weighted by Crippen LogP contribution is 2.15. The third-order valence-corrected chi connectivity index (χ3v) is 3.88. The Bertz CT molecular complexity index is 730. The van der Waals surface area contributed by atoms with E-state index in [1.807, 2.05) is 24.3 Å². The van der Waals surface area contributed by atoms with Crippen LogP contribution in [0.5, 0.6) is 0 Å². The van der Waals surface area contributed by atoms with Crippen LogP contribution >= 0.6 is 31.9 Å². The number of rotatable bonds is 3. The first-order valence-corrected chi connectivity index (χ1v) is 7.93. The van der Waals surface area contributed by atoms with Gasteiger partial charge in [0, 0.05) is 15.0 Å². The summed E-state index contributed by atoms with van der Waals surface area (Å²) in [7, 11) is 0. The maximum absolute atomic E-state index is 11.9. The number of carbonyl (C=O) groups excluding carboxylic acids is 2. The molecular weight excluding hydrogens is 412 g/mol. The van der Waals surface area contributed by atoms with Gasteiger partial charge in [-0.3, -0.25) is 20.4 Å². The van der Waals surface area contributed by atoms with Gasteiger partial charge in [0.25, 0.3) is 11.8 Å². The molecule has 4 nitrogen and oxygen atoms in total. The minimum atomic E-state index is -0.416. The lowest BCUT2D eigenvalue weighted by molar-refractivity contribution is -0.117. The molecule has 2 aromatic rings. The highest BCUT2D eigenvalue weighted by atomic mass is 79.9. The van der Waals surface area contributed by atoms with Crippen LogP contribution < -0.4 is 10.9 Å². The standard InChI is InChI=1S/C16H12Br2N2O2/c17-12-5-3-4-11(10-12)8-9-15(21)19-20-16(22)13-6-1-2-7-14(13)18/h1-10H,(H,19,21)(H,20,22)/b9-8+. The van der Waals surface area contributed by atoms with Gasteiger partial charge >= 0.3 is 0 Å². The first kappa shape index (κ1) is 16.5. The van der Waals surface area contributed by atoms with Crippen molar-refractivity contribution in [2.24, 2.45) is 0 Å². The first-order chi connectivity index (χ1) is 10.6. The molecule has 2 amide bonds. The molecule has 2 N–H and O–H groups in total. The summed E-state index contributed by atoms with van der Waals surface area (Å²) in [6, 6.07) is 14.5. The van der Waals surface area contributed by atoms with Gasteiger partial charge in [-0.2, -0.15) is 0 Å². The molecule has 22 heavy (non-hydrogen) atoms. The highest BCUT2D eigenvalue weighted by Gasteiger charge is 2.08. The largest absolute Gasteiger partial charge is 0.270 e. The Morgan fingerprint density at radius 2 is 1.73 bits per heavy atom. The first-order valence-electron chi connectivity index (χ1n) is 6.35. The van der Waals surface area contributed by atoms with Gasteiger partial charge in [-0.1, -0.05) is 40.2 Å². The van der Waals surface area contributed by atoms with Crippen molar-refractivity contribution in [1.29, 1.82) is 0 Å². The molecular formula is C16H12Br2N2O2. The topological polar surface area (TPSA) is 58.2 Å². The summed E-state index contributed by atoms with van der Waals surface area (Å²) in [6.45, 7) is 0. The van der Waals surface area contributed by atoms with Gasteiger partial charge in [0.05, 0.1) is 5.56 Å². The third kappa shape index (κ3) is 4.82. The second-order valence-corrected chi connectivity index (χ2v) is 6.08. The summed E-state index contributed by atoms with van der Waals surface area (Å²) in [5.74, 6) is -0.808. The van der Waals surface area contributed by atoms with E-state index in [1.54, 1.807) is 30.3 Å². The quantitative estimate of drug-likeness (QED) is 0.584. The summed E-state index contributed by atoms with van der Waals surface area (Å²) in [4.78, 5) is 23.6. The van der Waals surface area contributed by atoms with E-state index in [9.17, 15) is 9.59 Å². The molecule has 0 bridgehead atoms. The molecule has 0 aromatic heterocycles. The Balaban J connectivity index is 1.90. The molecule has 0 aliphatic rings. The summed E-state index contributed by atoms with van der Waals surface area (Å²) in [5.41, 5.74) is 6.01. The van der Waals surface area contributed by atoms with Crippen LogP contribution in [0.25, 0.3) is 6.08 Å². The van der Waals surface area contributed by atoms with Crippen LogP contribution in [-0.4, -0.2) is 11.8 Å². The van der Waals surface area contributed by atoms with Crippen LogP contribution in [0, 0.1) is 0 Å². The smallest absolute Gasteiger partial charge is 0.268 e. The Morgan fingerprint density at radius 3 is 2.45 bits per heavy atom. The summed E-state index contributed by atoms with van der Waals surface area (Å²) in [5, 5.41) is 0. The van der Waals surface area contributed by atoms with Crippen molar-refractivity contribution in [2.45, 2.75) is 0 Å². The van der Waals surface area contributed by atoms with E-state index < -0.39 is 11.8 Å². The van der Waals surface area contributed by atoms with Crippen molar-refractivity contribution in [3.63, 3.8) is 0 Å². The number of halogens is 2. The predicted octanol–water partition coefficient (Wildman–Crippen LogP) is 3.69. The Labute approximate surface area is 144 Å². The molecule has 0 saturated heterocycles. The average Bonchev–Trinajstić information content (AvgIpc) is 2.51. The minimum Gasteiger partial charge on any atom is -0.268 e. The van der Waals surface area contributed by atoms with Crippen molar-refractivity contribution in [1.82, 2.24) is 10.9 Å². The van der Waals surface area contributed by atoms with E-state index in [0.717, 1.165) is 10.0 Å². The zero-order chi connectivity index (χ0) is 15.9. The zero-order valence-corrected chi connectivity index (χ0v) is 14.5. The molecule has 0 saturated carbocycles. The molecule has 2 rings (SSSR count). The fraction of sp³-hybridized carbons (Fsp3) is 0. The zero-order valence-electron chi connectivity index (χ0n) is 11.3. The van der Waals surface area contributed by atoms with Crippen molar-refractivity contribution < 1.29 is 9.59 Å². The Kier molecular flexibility index (Phi) is 5.91. The van der Waals surface area contributed by atoms with Gasteiger partial charge in [0.2, 0.25) is 0 Å². The molecule has 2 aromatic carbocycles. The monoisotopic (exact) mass is 422 g/mol. The molecule has 6 heteroatoms. The number of hydrazine groups is 1. The Morgan fingerprint density at radius 1 is 0.955 bits per heavy atom. The van der Waals surface area contributed by atoms with Gasteiger partial charge in [-0.15, -0.1) is 0 Å². The summed E-state index contributed by atoms with van der Waals surface area (Å²) < 4.78 is 1.59. The summed E-state index contributed by atoms with van der Waals surface area (Å²) >= 11 is 6.64. The van der Waals surface area contributed by atoms with Gasteiger partial charge in [-0.05, 0) is 51.8 Å². The second-order valence-electron chi connectivity index (χ2n) is 4.31. The number of nitrogens with one attached hydrogen (secondary N) is 2. The van der Waals surface area contributed by atoms with Crippen molar-refractivity contribution in [2.75, 3.05) is 0 Å². The van der Waals surface area contributed by atoms with Crippen LogP contribution in [0.15, 0.2) is 63.6 Å². The van der Waals surface area contributed by atoms with Gasteiger partial charge in [0.1, 0.15) is 0 Å². The molecule has 112 valence electrons. The molecule has 0 aliphatic carbocycles. The van der Waals surface area contributed by atoms with E-state index >= 15 is 0 Å². The molecule has 0 unspecified atom stereocenters. The van der Waals surface area contributed by atoms with Crippen LogP contribution in [-0.2, 0) is 4.79 Å². The molecule has 0 spiro atoms. The lowest BCUT2D eigenvalue weighted by Gasteiger charge is -2.06. The highest BCUT2D eigenvalue weighted by molar-refractivity contribution is 9.10. The van der Waals surface area contributed by atoms with E-state index in [-0.39, 0.29) is 0 Å². The van der Waals surface area contributed by atoms with Gasteiger partial charge in [-0.25, -0.2) is 0 Å². The average molecular weight is 424 g/mol. The van der Waals surface area contributed by atoms with Crippen molar-refractivity contribution in [3.8, 4) is 0 Å². The van der Waals surface area contributed by atoms with Crippen LogP contribution in [0.2, 0.25) is 0 Å². The fourth-order valence-corrected chi connectivity index (χ4v) is 2.54. The molecule has 0 heterocycles. The van der Waals surface area contributed by atoms with Gasteiger partial charge in [0.15, 0.2) is 0 Å². The van der Waals surface area contributed by atoms with E-state index in [1.165, 1.54) is 6.08 Å². The SMILES string of the molecule is O=C(/C=C/c1cccc(Br)c1)NNC(=O)c1ccccc1Br. The maximum atomic E-state index is 11.9. The normalized spacial score (nSPS) is 10.5. The number of benzene rings is 2. The maximum Gasteiger partial charge on any atom is 0.270 e. The van der Waals surface area contributed by atoms with E-state index in [4.69, 9.17) is 0 Å². The lowest BCUT2D eigenvalue weighted by atomic mass is 10.2. The van der Waals surface area contributed by atoms with Crippen molar-refractivity contribution in [3.05, 3.63) is 74.7 Å². The Hall–Kier alpha value is -1.92. The molecule has 0 atom stereocenters. The van der Waals surface area contributed by atoms with Crippen LogP contribution in [0.1, 0.15) is 15.9 Å². The summed E-state index contributed by atoms with van der Waals surface area (Å²) in [6.07, 6.45) is 3.01. The fourth-order valence-electron chi connectivity index (χ4n) is 1.65. The predicted molar refractivity (Wildman–Crippen MR) is 92.9 cm³/mol. The minimum absolute atomic E-state index is 0.392. The number of carbonyl (C=O) groups is 2. The third-order valence-electron chi connectivity index (χ3n) is 2.69. The second kappa shape index (κ2) is 7.91. The number of hydrogen-bond donors (Lipinski definition) is 2. The molecule has 0 aliphatic heterocycles. The van der Waals surface area contributed by atoms with Crippen LogP contribution in [0.3, 0.4) is 0 Å².